The zero-order valence-corrected chi connectivity index (χ0v) is 10.6. The van der Waals surface area contributed by atoms with Gasteiger partial charge < -0.3 is 5.11 Å². The summed E-state index contributed by atoms with van der Waals surface area (Å²) in [5.74, 6) is 0.504. The highest BCUT2D eigenvalue weighted by atomic mass is 32.1. The monoisotopic (exact) mass is 239 g/mol. The van der Waals surface area contributed by atoms with Gasteiger partial charge in [0.05, 0.1) is 11.1 Å². The molecule has 1 atom stereocenters. The van der Waals surface area contributed by atoms with E-state index in [1.54, 1.807) is 11.3 Å². The van der Waals surface area contributed by atoms with Crippen molar-refractivity contribution in [1.29, 1.82) is 0 Å². The lowest BCUT2D eigenvalue weighted by Crippen LogP contribution is -2.23. The molecule has 2 nitrogen and oxygen atoms in total. The second-order valence-corrected chi connectivity index (χ2v) is 5.78. The van der Waals surface area contributed by atoms with E-state index in [9.17, 15) is 5.11 Å². The van der Waals surface area contributed by atoms with Crippen molar-refractivity contribution in [2.45, 2.75) is 57.5 Å². The normalized spacial score (nSPS) is 21.3. The number of aliphatic hydroxyl groups is 1. The lowest BCUT2D eigenvalue weighted by Gasteiger charge is -2.24. The molecule has 2 rings (SSSR count). The Morgan fingerprint density at radius 1 is 1.25 bits per heavy atom. The summed E-state index contributed by atoms with van der Waals surface area (Å²) in [5, 5.41) is 13.3. The maximum Gasteiger partial charge on any atom is 0.0950 e. The van der Waals surface area contributed by atoms with Crippen molar-refractivity contribution < 1.29 is 5.11 Å². The molecule has 90 valence electrons. The Kier molecular flexibility index (Phi) is 4.79. The largest absolute Gasteiger partial charge is 0.392 e. The molecule has 0 bridgehead atoms. The third kappa shape index (κ3) is 3.56. The average molecular weight is 239 g/mol. The van der Waals surface area contributed by atoms with E-state index >= 15 is 0 Å². The first-order valence-corrected chi connectivity index (χ1v) is 7.30. The summed E-state index contributed by atoms with van der Waals surface area (Å²) < 4.78 is 0. The molecular formula is C13H21NOS. The smallest absolute Gasteiger partial charge is 0.0950 e. The molecule has 1 N–H and O–H groups in total. The highest BCUT2D eigenvalue weighted by Gasteiger charge is 2.20. The summed E-state index contributed by atoms with van der Waals surface area (Å²) in [7, 11) is 0. The molecule has 0 amide bonds. The molecule has 3 heteroatoms. The molecule has 0 radical (unpaired) electrons. The van der Waals surface area contributed by atoms with Gasteiger partial charge in [-0.2, -0.15) is 0 Å². The van der Waals surface area contributed by atoms with Crippen LogP contribution in [0, 0.1) is 5.92 Å². The number of aliphatic hydroxyl groups excluding tert-OH is 1. The summed E-state index contributed by atoms with van der Waals surface area (Å²) in [4.78, 5) is 4.25. The summed E-state index contributed by atoms with van der Waals surface area (Å²) >= 11 is 1.65. The number of thiazole rings is 1. The van der Waals surface area contributed by atoms with Gasteiger partial charge in [0.25, 0.3) is 0 Å². The van der Waals surface area contributed by atoms with E-state index in [1.807, 2.05) is 11.6 Å². The third-order valence-electron chi connectivity index (χ3n) is 3.56. The summed E-state index contributed by atoms with van der Waals surface area (Å²) in [6, 6.07) is 0. The van der Waals surface area contributed by atoms with Crippen LogP contribution in [0.2, 0.25) is 0 Å². The number of hydrogen-bond acceptors (Lipinski definition) is 3. The predicted molar refractivity (Wildman–Crippen MR) is 67.6 cm³/mol. The van der Waals surface area contributed by atoms with Gasteiger partial charge in [-0.3, -0.25) is 0 Å². The van der Waals surface area contributed by atoms with Crippen LogP contribution >= 0.6 is 11.3 Å². The van der Waals surface area contributed by atoms with E-state index in [0.717, 1.165) is 11.4 Å². The van der Waals surface area contributed by atoms with E-state index in [-0.39, 0.29) is 6.10 Å². The number of rotatable bonds is 3. The topological polar surface area (TPSA) is 33.1 Å². The molecular weight excluding hydrogens is 218 g/mol. The van der Waals surface area contributed by atoms with Crippen LogP contribution < -0.4 is 0 Å². The predicted octanol–water partition coefficient (Wildman–Crippen LogP) is 3.41. The number of hydrogen-bond donors (Lipinski definition) is 1. The first-order valence-electron chi connectivity index (χ1n) is 6.42. The molecule has 1 aliphatic rings. The molecule has 16 heavy (non-hydrogen) atoms. The summed E-state index contributed by atoms with van der Waals surface area (Å²) in [5.41, 5.74) is 0. The van der Waals surface area contributed by atoms with Crippen molar-refractivity contribution in [2.24, 2.45) is 5.92 Å². The molecule has 0 aliphatic heterocycles. The second kappa shape index (κ2) is 6.36. The fraction of sp³-hybridized carbons (Fsp3) is 0.769. The van der Waals surface area contributed by atoms with Crippen molar-refractivity contribution in [1.82, 2.24) is 4.98 Å². The first kappa shape index (κ1) is 12.1. The minimum absolute atomic E-state index is 0.177. The van der Waals surface area contributed by atoms with E-state index < -0.39 is 0 Å². The van der Waals surface area contributed by atoms with E-state index in [4.69, 9.17) is 0 Å². The molecule has 1 saturated carbocycles. The fourth-order valence-corrected chi connectivity index (χ4v) is 3.24. The van der Waals surface area contributed by atoms with Gasteiger partial charge in [-0.25, -0.2) is 4.98 Å². The lowest BCUT2D eigenvalue weighted by atomic mass is 9.86. The van der Waals surface area contributed by atoms with Gasteiger partial charge in [-0.1, -0.05) is 32.1 Å². The molecule has 1 unspecified atom stereocenters. The molecule has 1 heterocycles. The van der Waals surface area contributed by atoms with Gasteiger partial charge in [0.15, 0.2) is 0 Å². The Labute approximate surface area is 102 Å². The van der Waals surface area contributed by atoms with Gasteiger partial charge in [0.1, 0.15) is 0 Å². The van der Waals surface area contributed by atoms with Crippen molar-refractivity contribution in [3.05, 3.63) is 16.6 Å². The quantitative estimate of drug-likeness (QED) is 0.877. The van der Waals surface area contributed by atoms with Gasteiger partial charge in [-0.15, -0.1) is 11.3 Å². The van der Waals surface area contributed by atoms with Crippen molar-refractivity contribution >= 4 is 11.3 Å². The Balaban J connectivity index is 1.84. The van der Waals surface area contributed by atoms with E-state index in [1.165, 1.54) is 44.9 Å². The van der Waals surface area contributed by atoms with Gasteiger partial charge in [0, 0.05) is 18.0 Å². The fourth-order valence-electron chi connectivity index (χ4n) is 2.57. The highest BCUT2D eigenvalue weighted by molar-refractivity contribution is 7.09. The molecule has 1 aromatic heterocycles. The number of nitrogens with zero attached hydrogens (tertiary/aromatic N) is 1. The van der Waals surface area contributed by atoms with E-state index in [2.05, 4.69) is 4.98 Å². The Morgan fingerprint density at radius 3 is 2.56 bits per heavy atom. The van der Waals surface area contributed by atoms with Crippen LogP contribution in [-0.2, 0) is 6.42 Å². The molecule has 1 aliphatic carbocycles. The van der Waals surface area contributed by atoms with Gasteiger partial charge in [0.2, 0.25) is 0 Å². The molecule has 0 aromatic carbocycles. The van der Waals surface area contributed by atoms with Crippen molar-refractivity contribution in [2.75, 3.05) is 0 Å². The SMILES string of the molecule is OC(Cc1nccs1)C1CCCCCCC1. The molecule has 0 saturated heterocycles. The van der Waals surface area contributed by atoms with Crippen LogP contribution in [0.25, 0.3) is 0 Å². The van der Waals surface area contributed by atoms with Crippen molar-refractivity contribution in [3.63, 3.8) is 0 Å². The van der Waals surface area contributed by atoms with Crippen LogP contribution in [0.4, 0.5) is 0 Å². The lowest BCUT2D eigenvalue weighted by molar-refractivity contribution is 0.0913. The Hall–Kier alpha value is -0.410. The standard InChI is InChI=1S/C13H21NOS/c15-12(10-13-14-8-9-16-13)11-6-4-2-1-3-5-7-11/h8-9,11-12,15H,1-7,10H2. The van der Waals surface area contributed by atoms with Crippen LogP contribution in [0.5, 0.6) is 0 Å². The maximum atomic E-state index is 10.2. The van der Waals surface area contributed by atoms with Crippen LogP contribution in [0.1, 0.15) is 50.0 Å². The van der Waals surface area contributed by atoms with Gasteiger partial charge in [-0.05, 0) is 18.8 Å². The van der Waals surface area contributed by atoms with Crippen molar-refractivity contribution in [3.8, 4) is 0 Å². The summed E-state index contributed by atoms with van der Waals surface area (Å²) in [6.07, 6.45) is 11.5. The zero-order valence-electron chi connectivity index (χ0n) is 9.77. The molecule has 1 aromatic rings. The first-order chi connectivity index (χ1) is 7.86. The Bertz CT molecular complexity index is 278. The molecule has 0 spiro atoms. The average Bonchev–Trinajstić information content (AvgIpc) is 2.69. The maximum absolute atomic E-state index is 10.2. The minimum Gasteiger partial charge on any atom is -0.392 e. The summed E-state index contributed by atoms with van der Waals surface area (Å²) in [6.45, 7) is 0. The van der Waals surface area contributed by atoms with Gasteiger partial charge >= 0.3 is 0 Å². The second-order valence-electron chi connectivity index (χ2n) is 4.80. The Morgan fingerprint density at radius 2 is 1.94 bits per heavy atom. The minimum atomic E-state index is -0.177. The zero-order chi connectivity index (χ0) is 11.2. The van der Waals surface area contributed by atoms with Crippen LogP contribution in [-0.4, -0.2) is 16.2 Å². The highest BCUT2D eigenvalue weighted by Crippen LogP contribution is 2.26. The molecule has 1 fully saturated rings. The third-order valence-corrected chi connectivity index (χ3v) is 4.36. The number of aromatic nitrogens is 1. The van der Waals surface area contributed by atoms with E-state index in [0.29, 0.717) is 5.92 Å². The van der Waals surface area contributed by atoms with Crippen LogP contribution in [0.15, 0.2) is 11.6 Å². The van der Waals surface area contributed by atoms with Crippen LogP contribution in [0.3, 0.4) is 0 Å².